The lowest BCUT2D eigenvalue weighted by molar-refractivity contribution is -0.131. The zero-order valence-corrected chi connectivity index (χ0v) is 16.8. The fourth-order valence-corrected chi connectivity index (χ4v) is 3.74. The Labute approximate surface area is 167 Å². The molecule has 1 atom stereocenters. The topological polar surface area (TPSA) is 46.5 Å². The van der Waals surface area contributed by atoms with Gasteiger partial charge >= 0.3 is 5.97 Å². The van der Waals surface area contributed by atoms with Crippen molar-refractivity contribution in [1.82, 2.24) is 0 Å². The van der Waals surface area contributed by atoms with E-state index in [1.807, 2.05) is 30.3 Å². The third-order valence-corrected chi connectivity index (χ3v) is 4.96. The van der Waals surface area contributed by atoms with Crippen LogP contribution in [0, 0.1) is 0 Å². The van der Waals surface area contributed by atoms with Gasteiger partial charge in [0.1, 0.15) is 5.75 Å². The van der Waals surface area contributed by atoms with Crippen LogP contribution in [0.4, 0.5) is 0 Å². The second kappa shape index (κ2) is 8.57. The Balaban J connectivity index is 1.96. The molecular formula is C25H28O3. The quantitative estimate of drug-likeness (QED) is 0.541. The molecule has 0 aliphatic heterocycles. The SMILES string of the molecule is CC(=O)Oc1ccccc1/C(=C/C(C)(C)O)C1=CCC(c2ccccc2)CC1. The lowest BCUT2D eigenvalue weighted by Crippen LogP contribution is -2.16. The Morgan fingerprint density at radius 1 is 1.11 bits per heavy atom. The number of hydrogen-bond acceptors (Lipinski definition) is 3. The van der Waals surface area contributed by atoms with Gasteiger partial charge in [-0.2, -0.15) is 0 Å². The fraction of sp³-hybridized carbons (Fsp3) is 0.320. The van der Waals surface area contributed by atoms with Crippen LogP contribution < -0.4 is 4.74 Å². The summed E-state index contributed by atoms with van der Waals surface area (Å²) in [5.41, 5.74) is 3.36. The van der Waals surface area contributed by atoms with Crippen molar-refractivity contribution in [3.8, 4) is 5.75 Å². The highest BCUT2D eigenvalue weighted by molar-refractivity contribution is 5.84. The maximum atomic E-state index is 11.5. The van der Waals surface area contributed by atoms with Gasteiger partial charge in [-0.25, -0.2) is 0 Å². The number of benzene rings is 2. The van der Waals surface area contributed by atoms with E-state index in [4.69, 9.17) is 4.74 Å². The summed E-state index contributed by atoms with van der Waals surface area (Å²) in [5.74, 6) is 0.686. The summed E-state index contributed by atoms with van der Waals surface area (Å²) < 4.78 is 5.43. The normalized spacial score (nSPS) is 17.8. The zero-order chi connectivity index (χ0) is 20.1. The van der Waals surface area contributed by atoms with Gasteiger partial charge < -0.3 is 9.84 Å². The Hall–Kier alpha value is -2.65. The highest BCUT2D eigenvalue weighted by Gasteiger charge is 2.23. The summed E-state index contributed by atoms with van der Waals surface area (Å²) in [4.78, 5) is 11.5. The van der Waals surface area contributed by atoms with E-state index in [-0.39, 0.29) is 5.97 Å². The molecule has 2 aromatic rings. The molecule has 2 aromatic carbocycles. The number of allylic oxidation sites excluding steroid dienone is 3. The number of ether oxygens (including phenoxy) is 1. The van der Waals surface area contributed by atoms with E-state index in [9.17, 15) is 9.90 Å². The molecule has 0 radical (unpaired) electrons. The lowest BCUT2D eigenvalue weighted by Gasteiger charge is -2.26. The summed E-state index contributed by atoms with van der Waals surface area (Å²) >= 11 is 0. The fourth-order valence-electron chi connectivity index (χ4n) is 3.74. The number of hydrogen-bond donors (Lipinski definition) is 1. The standard InChI is InChI=1S/C25H28O3/c1-18(26)28-24-12-8-7-11-22(24)23(17-25(2,3)27)21-15-13-20(14-16-21)19-9-5-4-6-10-19/h4-12,15,17,20,27H,13-14,16H2,1-3H3/b23-17+. The minimum atomic E-state index is -0.976. The molecule has 28 heavy (non-hydrogen) atoms. The van der Waals surface area contributed by atoms with Crippen molar-refractivity contribution < 1.29 is 14.6 Å². The van der Waals surface area contributed by atoms with Crippen molar-refractivity contribution >= 4 is 11.5 Å². The molecule has 0 saturated carbocycles. The summed E-state index contributed by atoms with van der Waals surface area (Å²) in [6.07, 6.45) is 7.05. The van der Waals surface area contributed by atoms with Gasteiger partial charge in [-0.15, -0.1) is 0 Å². The van der Waals surface area contributed by atoms with Crippen LogP contribution >= 0.6 is 0 Å². The average molecular weight is 376 g/mol. The molecule has 3 heteroatoms. The smallest absolute Gasteiger partial charge is 0.308 e. The van der Waals surface area contributed by atoms with Crippen molar-refractivity contribution in [2.45, 2.75) is 51.6 Å². The molecule has 1 unspecified atom stereocenters. The maximum absolute atomic E-state index is 11.5. The van der Waals surface area contributed by atoms with E-state index in [1.54, 1.807) is 19.9 Å². The first-order chi connectivity index (χ1) is 13.3. The van der Waals surface area contributed by atoms with Crippen LogP contribution in [-0.2, 0) is 4.79 Å². The molecule has 0 heterocycles. The largest absolute Gasteiger partial charge is 0.426 e. The molecule has 0 aromatic heterocycles. The molecule has 3 rings (SSSR count). The molecule has 0 amide bonds. The highest BCUT2D eigenvalue weighted by atomic mass is 16.5. The Morgan fingerprint density at radius 2 is 1.79 bits per heavy atom. The van der Waals surface area contributed by atoms with E-state index in [0.717, 1.165) is 30.4 Å². The molecule has 1 aliphatic carbocycles. The van der Waals surface area contributed by atoms with Crippen molar-refractivity contribution in [1.29, 1.82) is 0 Å². The van der Waals surface area contributed by atoms with Gasteiger partial charge in [0, 0.05) is 12.5 Å². The van der Waals surface area contributed by atoms with Crippen LogP contribution in [0.25, 0.3) is 5.57 Å². The molecule has 1 aliphatic rings. The summed E-state index contributed by atoms with van der Waals surface area (Å²) in [6, 6.07) is 18.1. The maximum Gasteiger partial charge on any atom is 0.308 e. The van der Waals surface area contributed by atoms with Gasteiger partial charge in [0.15, 0.2) is 0 Å². The Bertz CT molecular complexity index is 886. The van der Waals surface area contributed by atoms with Crippen molar-refractivity contribution in [3.63, 3.8) is 0 Å². The molecule has 0 saturated heterocycles. The van der Waals surface area contributed by atoms with E-state index in [1.165, 1.54) is 18.1 Å². The van der Waals surface area contributed by atoms with Gasteiger partial charge in [0.25, 0.3) is 0 Å². The van der Waals surface area contributed by atoms with E-state index in [2.05, 4.69) is 30.3 Å². The number of aliphatic hydroxyl groups is 1. The number of esters is 1. The molecular weight excluding hydrogens is 348 g/mol. The van der Waals surface area contributed by atoms with E-state index in [0.29, 0.717) is 11.7 Å². The van der Waals surface area contributed by atoms with Gasteiger partial charge in [-0.3, -0.25) is 4.79 Å². The van der Waals surface area contributed by atoms with Crippen molar-refractivity contribution in [2.75, 3.05) is 0 Å². The molecule has 0 fully saturated rings. The number of rotatable bonds is 5. The van der Waals surface area contributed by atoms with Crippen LogP contribution in [0.2, 0.25) is 0 Å². The number of carbonyl (C=O) groups excluding carboxylic acids is 1. The lowest BCUT2D eigenvalue weighted by atomic mass is 9.80. The third kappa shape index (κ3) is 5.20. The number of para-hydroxylation sites is 1. The zero-order valence-electron chi connectivity index (χ0n) is 16.8. The number of carbonyl (C=O) groups is 1. The van der Waals surface area contributed by atoms with Crippen LogP contribution in [0.15, 0.2) is 72.3 Å². The second-order valence-electron chi connectivity index (χ2n) is 7.91. The van der Waals surface area contributed by atoms with Gasteiger partial charge in [0.05, 0.1) is 5.60 Å². The first-order valence-corrected chi connectivity index (χ1v) is 9.81. The van der Waals surface area contributed by atoms with E-state index >= 15 is 0 Å². The molecule has 3 nitrogen and oxygen atoms in total. The minimum absolute atomic E-state index is 0.350. The van der Waals surface area contributed by atoms with Gasteiger partial charge in [-0.1, -0.05) is 54.6 Å². The van der Waals surface area contributed by atoms with Crippen LogP contribution in [0.1, 0.15) is 57.1 Å². The predicted octanol–water partition coefficient (Wildman–Crippen LogP) is 5.66. The van der Waals surface area contributed by atoms with Gasteiger partial charge in [-0.05, 0) is 67.9 Å². The van der Waals surface area contributed by atoms with Crippen molar-refractivity contribution in [2.24, 2.45) is 0 Å². The predicted molar refractivity (Wildman–Crippen MR) is 113 cm³/mol. The van der Waals surface area contributed by atoms with E-state index < -0.39 is 5.60 Å². The van der Waals surface area contributed by atoms with Crippen molar-refractivity contribution in [3.05, 3.63) is 83.4 Å². The first kappa shape index (κ1) is 20.1. The Morgan fingerprint density at radius 3 is 2.39 bits per heavy atom. The molecule has 0 spiro atoms. The summed E-state index contributed by atoms with van der Waals surface area (Å²) in [6.45, 7) is 4.93. The Kier molecular flexibility index (Phi) is 6.15. The van der Waals surface area contributed by atoms with Crippen LogP contribution in [-0.4, -0.2) is 16.7 Å². The molecule has 0 bridgehead atoms. The summed E-state index contributed by atoms with van der Waals surface area (Å²) in [5, 5.41) is 10.5. The monoisotopic (exact) mass is 376 g/mol. The van der Waals surface area contributed by atoms with Crippen LogP contribution in [0.3, 0.4) is 0 Å². The average Bonchev–Trinajstić information content (AvgIpc) is 2.66. The molecule has 1 N–H and O–H groups in total. The van der Waals surface area contributed by atoms with Gasteiger partial charge in [0.2, 0.25) is 0 Å². The highest BCUT2D eigenvalue weighted by Crippen LogP contribution is 2.40. The minimum Gasteiger partial charge on any atom is -0.426 e. The summed E-state index contributed by atoms with van der Waals surface area (Å²) in [7, 11) is 0. The first-order valence-electron chi connectivity index (χ1n) is 9.81. The van der Waals surface area contributed by atoms with Crippen LogP contribution in [0.5, 0.6) is 5.75 Å². The third-order valence-electron chi connectivity index (χ3n) is 4.96. The second-order valence-corrected chi connectivity index (χ2v) is 7.91. The molecule has 146 valence electrons.